The molecule has 30 heavy (non-hydrogen) atoms. The fourth-order valence-electron chi connectivity index (χ4n) is 3.52. The van der Waals surface area contributed by atoms with Crippen LogP contribution in [0.3, 0.4) is 0 Å². The highest BCUT2D eigenvalue weighted by Gasteiger charge is 2.18. The number of fused-ring (bicyclic) bond motifs is 1. The van der Waals surface area contributed by atoms with E-state index in [9.17, 15) is 4.79 Å². The number of benzene rings is 3. The van der Waals surface area contributed by atoms with Crippen molar-refractivity contribution in [3.8, 4) is 5.75 Å². The number of ether oxygens (including phenoxy) is 1. The predicted octanol–water partition coefficient (Wildman–Crippen LogP) is 5.30. The molecule has 0 bridgehead atoms. The Morgan fingerprint density at radius 3 is 2.50 bits per heavy atom. The molecule has 0 fully saturated rings. The Bertz CT molecular complexity index is 1180. The lowest BCUT2D eigenvalue weighted by Crippen LogP contribution is -2.26. The Hall–Kier alpha value is -3.60. The van der Waals surface area contributed by atoms with Crippen LogP contribution >= 0.6 is 0 Å². The highest BCUT2D eigenvalue weighted by molar-refractivity contribution is 5.96. The molecule has 5 nitrogen and oxygen atoms in total. The largest absolute Gasteiger partial charge is 0.488 e. The summed E-state index contributed by atoms with van der Waals surface area (Å²) in [5.74, 6) is 1.19. The van der Waals surface area contributed by atoms with Crippen molar-refractivity contribution in [2.45, 2.75) is 27.0 Å². The predicted molar refractivity (Wildman–Crippen MR) is 116 cm³/mol. The van der Waals surface area contributed by atoms with Crippen molar-refractivity contribution in [1.29, 1.82) is 0 Å². The number of hydrogen-bond acceptors (Lipinski definition) is 4. The van der Waals surface area contributed by atoms with E-state index in [1.54, 1.807) is 11.0 Å². The van der Waals surface area contributed by atoms with Crippen molar-refractivity contribution in [2.24, 2.45) is 0 Å². The van der Waals surface area contributed by atoms with Crippen LogP contribution in [0.15, 0.2) is 71.3 Å². The zero-order valence-electron chi connectivity index (χ0n) is 17.4. The molecular weight excluding hydrogens is 376 g/mol. The molecule has 0 radical (unpaired) electrons. The van der Waals surface area contributed by atoms with Gasteiger partial charge in [0.25, 0.3) is 5.91 Å². The first-order valence-corrected chi connectivity index (χ1v) is 9.89. The van der Waals surface area contributed by atoms with Crippen LogP contribution in [0.25, 0.3) is 10.8 Å². The number of aromatic nitrogens is 1. The van der Waals surface area contributed by atoms with Crippen LogP contribution in [-0.4, -0.2) is 23.0 Å². The minimum Gasteiger partial charge on any atom is -0.488 e. The minimum atomic E-state index is -0.0856. The molecular formula is C25H24N2O3. The van der Waals surface area contributed by atoms with Crippen LogP contribution in [0.5, 0.6) is 5.75 Å². The fraction of sp³-hybridized carbons (Fsp3) is 0.200. The molecule has 0 spiro atoms. The molecule has 0 saturated heterocycles. The summed E-state index contributed by atoms with van der Waals surface area (Å²) in [4.78, 5) is 14.9. The SMILES string of the molecule is Cc1noc(C)c1COc1ccccc1C(=O)N(C)Cc1ccc2ccccc2c1. The number of para-hydroxylation sites is 1. The highest BCUT2D eigenvalue weighted by atomic mass is 16.5. The number of nitrogens with zero attached hydrogens (tertiary/aromatic N) is 2. The summed E-state index contributed by atoms with van der Waals surface area (Å²) >= 11 is 0. The molecule has 0 unspecified atom stereocenters. The zero-order chi connectivity index (χ0) is 21.1. The van der Waals surface area contributed by atoms with E-state index >= 15 is 0 Å². The summed E-state index contributed by atoms with van der Waals surface area (Å²) in [6.07, 6.45) is 0. The molecule has 0 N–H and O–H groups in total. The van der Waals surface area contributed by atoms with Gasteiger partial charge in [0.05, 0.1) is 16.8 Å². The molecule has 1 aromatic heterocycles. The molecule has 152 valence electrons. The zero-order valence-corrected chi connectivity index (χ0v) is 17.4. The number of amides is 1. The molecule has 4 aromatic rings. The third kappa shape index (κ3) is 4.06. The van der Waals surface area contributed by atoms with Gasteiger partial charge in [0.2, 0.25) is 0 Å². The van der Waals surface area contributed by atoms with Gasteiger partial charge in [0.1, 0.15) is 18.1 Å². The average molecular weight is 400 g/mol. The molecule has 4 rings (SSSR count). The third-order valence-corrected chi connectivity index (χ3v) is 5.25. The van der Waals surface area contributed by atoms with Gasteiger partial charge in [-0.3, -0.25) is 4.79 Å². The van der Waals surface area contributed by atoms with E-state index < -0.39 is 0 Å². The van der Waals surface area contributed by atoms with Crippen molar-refractivity contribution in [3.63, 3.8) is 0 Å². The van der Waals surface area contributed by atoms with Crippen molar-refractivity contribution < 1.29 is 14.1 Å². The highest BCUT2D eigenvalue weighted by Crippen LogP contribution is 2.24. The van der Waals surface area contributed by atoms with E-state index in [2.05, 4.69) is 35.5 Å². The van der Waals surface area contributed by atoms with Gasteiger partial charge < -0.3 is 14.2 Å². The summed E-state index contributed by atoms with van der Waals surface area (Å²) < 4.78 is 11.2. The van der Waals surface area contributed by atoms with Crippen molar-refractivity contribution in [2.75, 3.05) is 7.05 Å². The lowest BCUT2D eigenvalue weighted by molar-refractivity contribution is 0.0780. The summed E-state index contributed by atoms with van der Waals surface area (Å²) in [7, 11) is 1.81. The molecule has 5 heteroatoms. The van der Waals surface area contributed by atoms with E-state index in [0.29, 0.717) is 24.5 Å². The number of carbonyl (C=O) groups excluding carboxylic acids is 1. The normalized spacial score (nSPS) is 10.9. The molecule has 0 saturated carbocycles. The van der Waals surface area contributed by atoms with E-state index in [4.69, 9.17) is 9.26 Å². The Morgan fingerprint density at radius 1 is 1.00 bits per heavy atom. The van der Waals surface area contributed by atoms with E-state index in [0.717, 1.165) is 22.6 Å². The summed E-state index contributed by atoms with van der Waals surface area (Å²) in [5.41, 5.74) is 3.32. The number of carbonyl (C=O) groups is 1. The minimum absolute atomic E-state index is 0.0856. The van der Waals surface area contributed by atoms with Crippen LogP contribution in [0.1, 0.15) is 32.9 Å². The maximum absolute atomic E-state index is 13.1. The summed E-state index contributed by atoms with van der Waals surface area (Å²) in [6.45, 7) is 4.55. The van der Waals surface area contributed by atoms with E-state index in [1.165, 1.54) is 10.8 Å². The van der Waals surface area contributed by atoms with Crippen LogP contribution < -0.4 is 4.74 Å². The monoisotopic (exact) mass is 400 g/mol. The standard InChI is InChI=1S/C25H24N2O3/c1-17-23(18(2)30-26-17)16-29-24-11-7-6-10-22(24)25(28)27(3)15-19-12-13-20-8-4-5-9-21(20)14-19/h4-14H,15-16H2,1-3H3. The van der Waals surface area contributed by atoms with Crippen molar-refractivity contribution >= 4 is 16.7 Å². The van der Waals surface area contributed by atoms with Gasteiger partial charge in [-0.15, -0.1) is 0 Å². The Labute approximate surface area is 175 Å². The Kier molecular flexibility index (Phi) is 5.53. The maximum Gasteiger partial charge on any atom is 0.257 e. The number of hydrogen-bond donors (Lipinski definition) is 0. The van der Waals surface area contributed by atoms with E-state index in [-0.39, 0.29) is 5.91 Å². The van der Waals surface area contributed by atoms with Crippen LogP contribution in [0.4, 0.5) is 0 Å². The molecule has 1 heterocycles. The van der Waals surface area contributed by atoms with Gasteiger partial charge in [-0.25, -0.2) is 0 Å². The molecule has 3 aromatic carbocycles. The number of aryl methyl sites for hydroxylation is 2. The average Bonchev–Trinajstić information content (AvgIpc) is 3.09. The van der Waals surface area contributed by atoms with E-state index in [1.807, 2.05) is 51.2 Å². The summed E-state index contributed by atoms with van der Waals surface area (Å²) in [5, 5.41) is 6.31. The second-order valence-electron chi connectivity index (χ2n) is 7.43. The molecule has 0 aliphatic heterocycles. The molecule has 0 aliphatic carbocycles. The van der Waals surface area contributed by atoms with Crippen LogP contribution in [0.2, 0.25) is 0 Å². The first-order chi connectivity index (χ1) is 14.5. The van der Waals surface area contributed by atoms with Gasteiger partial charge >= 0.3 is 0 Å². The lowest BCUT2D eigenvalue weighted by atomic mass is 10.1. The number of rotatable bonds is 6. The lowest BCUT2D eigenvalue weighted by Gasteiger charge is -2.19. The Balaban J connectivity index is 1.50. The topological polar surface area (TPSA) is 55.6 Å². The fourth-order valence-corrected chi connectivity index (χ4v) is 3.52. The van der Waals surface area contributed by atoms with Gasteiger partial charge in [-0.2, -0.15) is 0 Å². The van der Waals surface area contributed by atoms with Gasteiger partial charge in [0, 0.05) is 13.6 Å². The first-order valence-electron chi connectivity index (χ1n) is 9.89. The van der Waals surface area contributed by atoms with Crippen LogP contribution in [-0.2, 0) is 13.2 Å². The Morgan fingerprint density at radius 2 is 1.73 bits per heavy atom. The maximum atomic E-state index is 13.1. The first kappa shape index (κ1) is 19.7. The molecule has 1 amide bonds. The van der Waals surface area contributed by atoms with Gasteiger partial charge in [0.15, 0.2) is 0 Å². The van der Waals surface area contributed by atoms with Gasteiger partial charge in [-0.05, 0) is 48.4 Å². The van der Waals surface area contributed by atoms with Crippen molar-refractivity contribution in [3.05, 3.63) is 94.9 Å². The smallest absolute Gasteiger partial charge is 0.257 e. The molecule has 0 aliphatic rings. The summed E-state index contributed by atoms with van der Waals surface area (Å²) in [6, 6.07) is 21.8. The quantitative estimate of drug-likeness (QED) is 0.441. The van der Waals surface area contributed by atoms with Crippen molar-refractivity contribution in [1.82, 2.24) is 10.1 Å². The second-order valence-corrected chi connectivity index (χ2v) is 7.43. The second kappa shape index (κ2) is 8.41. The van der Waals surface area contributed by atoms with Gasteiger partial charge in [-0.1, -0.05) is 53.7 Å². The van der Waals surface area contributed by atoms with Crippen LogP contribution in [0, 0.1) is 13.8 Å². The third-order valence-electron chi connectivity index (χ3n) is 5.25. The molecule has 0 atom stereocenters.